The van der Waals surface area contributed by atoms with E-state index in [2.05, 4.69) is 19.9 Å². The van der Waals surface area contributed by atoms with Gasteiger partial charge in [-0.25, -0.2) is 0 Å². The van der Waals surface area contributed by atoms with Gasteiger partial charge in [0.2, 0.25) is 0 Å². The van der Waals surface area contributed by atoms with E-state index in [4.69, 9.17) is 9.47 Å². The highest BCUT2D eigenvalue weighted by atomic mass is 16.5. The Labute approximate surface area is 150 Å². The molecule has 1 aliphatic heterocycles. The Morgan fingerprint density at radius 1 is 1.20 bits per heavy atom. The van der Waals surface area contributed by atoms with Crippen molar-refractivity contribution in [3.8, 4) is 11.5 Å². The van der Waals surface area contributed by atoms with Crippen molar-refractivity contribution < 1.29 is 14.3 Å². The molecule has 1 aliphatic carbocycles. The Hall–Kier alpha value is -1.97. The average Bonchev–Trinajstić information content (AvgIpc) is 3.14. The van der Waals surface area contributed by atoms with Gasteiger partial charge < -0.3 is 14.4 Å². The van der Waals surface area contributed by atoms with E-state index in [1.165, 1.54) is 18.4 Å². The van der Waals surface area contributed by atoms with Crippen molar-refractivity contribution in [3.63, 3.8) is 0 Å². The fraction of sp³-hybridized carbons (Fsp3) is 0.571. The molecule has 1 saturated carbocycles. The SMILES string of the molecule is COc1ccc(C(=O)N2CC=C(C(C)C)CC2)cc1OC1CCCC1. The van der Waals surface area contributed by atoms with E-state index in [0.717, 1.165) is 25.8 Å². The average molecular weight is 343 g/mol. The van der Waals surface area contributed by atoms with E-state index in [0.29, 0.717) is 29.5 Å². The first-order valence-corrected chi connectivity index (χ1v) is 9.41. The van der Waals surface area contributed by atoms with Crippen molar-refractivity contribution in [2.24, 2.45) is 5.92 Å². The van der Waals surface area contributed by atoms with Gasteiger partial charge in [0.15, 0.2) is 11.5 Å². The molecule has 1 fully saturated rings. The van der Waals surface area contributed by atoms with Crippen molar-refractivity contribution >= 4 is 5.91 Å². The highest BCUT2D eigenvalue weighted by molar-refractivity contribution is 5.95. The van der Waals surface area contributed by atoms with Crippen LogP contribution in [0.25, 0.3) is 0 Å². The minimum absolute atomic E-state index is 0.0676. The first-order valence-electron chi connectivity index (χ1n) is 9.41. The van der Waals surface area contributed by atoms with Gasteiger partial charge in [-0.05, 0) is 56.2 Å². The van der Waals surface area contributed by atoms with Gasteiger partial charge in [-0.3, -0.25) is 4.79 Å². The number of hydrogen-bond donors (Lipinski definition) is 0. The van der Waals surface area contributed by atoms with Gasteiger partial charge in [-0.1, -0.05) is 25.5 Å². The fourth-order valence-electron chi connectivity index (χ4n) is 3.66. The number of methoxy groups -OCH3 is 1. The molecule has 0 bridgehead atoms. The lowest BCUT2D eigenvalue weighted by molar-refractivity contribution is 0.0766. The first kappa shape index (κ1) is 17.8. The molecular formula is C21H29NO3. The largest absolute Gasteiger partial charge is 0.493 e. The molecule has 4 heteroatoms. The lowest BCUT2D eigenvalue weighted by Crippen LogP contribution is -2.35. The summed E-state index contributed by atoms with van der Waals surface area (Å²) < 4.78 is 11.5. The number of carbonyl (C=O) groups is 1. The molecule has 0 radical (unpaired) electrons. The number of ether oxygens (including phenoxy) is 2. The lowest BCUT2D eigenvalue weighted by atomic mass is 9.96. The second kappa shape index (κ2) is 7.94. The van der Waals surface area contributed by atoms with E-state index < -0.39 is 0 Å². The van der Waals surface area contributed by atoms with Crippen LogP contribution in [-0.4, -0.2) is 37.1 Å². The minimum Gasteiger partial charge on any atom is -0.493 e. The van der Waals surface area contributed by atoms with Gasteiger partial charge in [0, 0.05) is 18.7 Å². The van der Waals surface area contributed by atoms with Crippen molar-refractivity contribution in [2.75, 3.05) is 20.2 Å². The third kappa shape index (κ3) is 4.17. The molecule has 1 heterocycles. The Balaban J connectivity index is 1.74. The molecule has 1 aromatic rings. The summed E-state index contributed by atoms with van der Waals surface area (Å²) in [5, 5.41) is 0. The van der Waals surface area contributed by atoms with Crippen LogP contribution in [0.1, 0.15) is 56.3 Å². The fourth-order valence-corrected chi connectivity index (χ4v) is 3.66. The summed E-state index contributed by atoms with van der Waals surface area (Å²) in [5.41, 5.74) is 2.12. The Bertz CT molecular complexity index is 645. The molecule has 0 atom stereocenters. The number of carbonyl (C=O) groups excluding carboxylic acids is 1. The third-order valence-corrected chi connectivity index (χ3v) is 5.28. The lowest BCUT2D eigenvalue weighted by Gasteiger charge is -2.28. The molecule has 0 saturated heterocycles. The zero-order valence-electron chi connectivity index (χ0n) is 15.6. The summed E-state index contributed by atoms with van der Waals surface area (Å²) in [6.45, 7) is 5.89. The first-order chi connectivity index (χ1) is 12.1. The maximum Gasteiger partial charge on any atom is 0.254 e. The van der Waals surface area contributed by atoms with Crippen LogP contribution < -0.4 is 9.47 Å². The molecule has 3 rings (SSSR count). The summed E-state index contributed by atoms with van der Waals surface area (Å²) in [6.07, 6.45) is 7.99. The topological polar surface area (TPSA) is 38.8 Å². The second-order valence-corrected chi connectivity index (χ2v) is 7.32. The van der Waals surface area contributed by atoms with Crippen LogP contribution in [0.4, 0.5) is 0 Å². The normalized spacial score (nSPS) is 18.4. The summed E-state index contributed by atoms with van der Waals surface area (Å²) in [4.78, 5) is 14.8. The molecular weight excluding hydrogens is 314 g/mol. The maximum absolute atomic E-state index is 12.9. The number of nitrogens with zero attached hydrogens (tertiary/aromatic N) is 1. The van der Waals surface area contributed by atoms with Crippen molar-refractivity contribution in [2.45, 2.75) is 52.1 Å². The van der Waals surface area contributed by atoms with Crippen LogP contribution in [0.3, 0.4) is 0 Å². The van der Waals surface area contributed by atoms with E-state index in [1.54, 1.807) is 7.11 Å². The van der Waals surface area contributed by atoms with E-state index >= 15 is 0 Å². The minimum atomic E-state index is 0.0676. The molecule has 0 aromatic heterocycles. The predicted molar refractivity (Wildman–Crippen MR) is 99.3 cm³/mol. The molecule has 136 valence electrons. The number of amides is 1. The van der Waals surface area contributed by atoms with Crippen LogP contribution in [0, 0.1) is 5.92 Å². The number of rotatable bonds is 5. The molecule has 0 spiro atoms. The third-order valence-electron chi connectivity index (χ3n) is 5.28. The zero-order chi connectivity index (χ0) is 17.8. The Morgan fingerprint density at radius 3 is 2.56 bits per heavy atom. The van der Waals surface area contributed by atoms with Crippen LogP contribution in [0.15, 0.2) is 29.8 Å². The summed E-state index contributed by atoms with van der Waals surface area (Å²) in [6, 6.07) is 5.53. The standard InChI is InChI=1S/C21H29NO3/c1-15(2)16-10-12-22(13-11-16)21(23)17-8-9-19(24-3)20(14-17)25-18-6-4-5-7-18/h8-10,14-15,18H,4-7,11-13H2,1-3H3. The van der Waals surface area contributed by atoms with E-state index in [9.17, 15) is 4.79 Å². The van der Waals surface area contributed by atoms with Gasteiger partial charge in [0.1, 0.15) is 0 Å². The van der Waals surface area contributed by atoms with Crippen molar-refractivity contribution in [1.82, 2.24) is 4.90 Å². The molecule has 1 amide bonds. The molecule has 1 aromatic carbocycles. The van der Waals surface area contributed by atoms with E-state index in [1.807, 2.05) is 23.1 Å². The molecule has 2 aliphatic rings. The van der Waals surface area contributed by atoms with Crippen molar-refractivity contribution in [1.29, 1.82) is 0 Å². The van der Waals surface area contributed by atoms with Gasteiger partial charge in [-0.15, -0.1) is 0 Å². The molecule has 25 heavy (non-hydrogen) atoms. The van der Waals surface area contributed by atoms with Gasteiger partial charge in [0.05, 0.1) is 13.2 Å². The number of hydrogen-bond acceptors (Lipinski definition) is 3. The smallest absolute Gasteiger partial charge is 0.254 e. The Morgan fingerprint density at radius 2 is 1.96 bits per heavy atom. The highest BCUT2D eigenvalue weighted by Crippen LogP contribution is 2.33. The van der Waals surface area contributed by atoms with Crippen LogP contribution >= 0.6 is 0 Å². The molecule has 0 N–H and O–H groups in total. The predicted octanol–water partition coefficient (Wildman–Crippen LogP) is 4.44. The van der Waals surface area contributed by atoms with Crippen LogP contribution in [-0.2, 0) is 0 Å². The summed E-state index contributed by atoms with van der Waals surface area (Å²) in [5.74, 6) is 2.02. The van der Waals surface area contributed by atoms with Gasteiger partial charge in [0.25, 0.3) is 5.91 Å². The summed E-state index contributed by atoms with van der Waals surface area (Å²) >= 11 is 0. The molecule has 4 nitrogen and oxygen atoms in total. The van der Waals surface area contributed by atoms with Crippen LogP contribution in [0.5, 0.6) is 11.5 Å². The molecule has 0 unspecified atom stereocenters. The van der Waals surface area contributed by atoms with Gasteiger partial charge >= 0.3 is 0 Å². The van der Waals surface area contributed by atoms with Crippen molar-refractivity contribution in [3.05, 3.63) is 35.4 Å². The Kier molecular flexibility index (Phi) is 5.67. The zero-order valence-corrected chi connectivity index (χ0v) is 15.6. The van der Waals surface area contributed by atoms with Gasteiger partial charge in [-0.2, -0.15) is 0 Å². The second-order valence-electron chi connectivity index (χ2n) is 7.32. The van der Waals surface area contributed by atoms with Crippen LogP contribution in [0.2, 0.25) is 0 Å². The quantitative estimate of drug-likeness (QED) is 0.742. The number of benzene rings is 1. The summed E-state index contributed by atoms with van der Waals surface area (Å²) in [7, 11) is 1.64. The highest BCUT2D eigenvalue weighted by Gasteiger charge is 2.23. The monoisotopic (exact) mass is 343 g/mol. The maximum atomic E-state index is 12.9. The van der Waals surface area contributed by atoms with E-state index in [-0.39, 0.29) is 12.0 Å².